The lowest BCUT2D eigenvalue weighted by Crippen LogP contribution is -2.26. The van der Waals surface area contributed by atoms with Gasteiger partial charge in [-0.2, -0.15) is 0 Å². The van der Waals surface area contributed by atoms with E-state index in [2.05, 4.69) is 30.4 Å². The standard InChI is InChI=1S/C14H19NO/c1-10-7-15-8-12-4-5-13(6-14(10)12)16-9-11-2-3-11/h4-6,10-11,15H,2-3,7-9H2,1H3. The molecule has 1 aromatic rings. The van der Waals surface area contributed by atoms with Gasteiger partial charge in [0.15, 0.2) is 0 Å². The van der Waals surface area contributed by atoms with Crippen LogP contribution in [0.15, 0.2) is 18.2 Å². The highest BCUT2D eigenvalue weighted by Gasteiger charge is 2.22. The first-order valence-corrected chi connectivity index (χ1v) is 6.29. The molecule has 1 N–H and O–H groups in total. The van der Waals surface area contributed by atoms with Gasteiger partial charge in [0.25, 0.3) is 0 Å². The summed E-state index contributed by atoms with van der Waals surface area (Å²) in [6, 6.07) is 6.56. The highest BCUT2D eigenvalue weighted by atomic mass is 16.5. The van der Waals surface area contributed by atoms with Crippen LogP contribution in [0, 0.1) is 5.92 Å². The predicted molar refractivity (Wildman–Crippen MR) is 64.8 cm³/mol. The van der Waals surface area contributed by atoms with E-state index in [1.807, 2.05) is 0 Å². The van der Waals surface area contributed by atoms with Crippen LogP contribution in [0.4, 0.5) is 0 Å². The Morgan fingerprint density at radius 1 is 1.38 bits per heavy atom. The van der Waals surface area contributed by atoms with Gasteiger partial charge in [-0.15, -0.1) is 0 Å². The summed E-state index contributed by atoms with van der Waals surface area (Å²) < 4.78 is 5.82. The summed E-state index contributed by atoms with van der Waals surface area (Å²) >= 11 is 0. The van der Waals surface area contributed by atoms with E-state index in [1.165, 1.54) is 24.0 Å². The van der Waals surface area contributed by atoms with Gasteiger partial charge in [-0.05, 0) is 47.9 Å². The van der Waals surface area contributed by atoms with Crippen molar-refractivity contribution in [2.24, 2.45) is 5.92 Å². The van der Waals surface area contributed by atoms with Crippen LogP contribution in [0.25, 0.3) is 0 Å². The fourth-order valence-electron chi connectivity index (χ4n) is 2.31. The van der Waals surface area contributed by atoms with Crippen LogP contribution in [0.2, 0.25) is 0 Å². The first kappa shape index (κ1) is 10.2. The first-order valence-electron chi connectivity index (χ1n) is 6.29. The van der Waals surface area contributed by atoms with E-state index >= 15 is 0 Å². The molecule has 1 aromatic carbocycles. The number of nitrogens with one attached hydrogen (secondary N) is 1. The second-order valence-corrected chi connectivity index (χ2v) is 5.15. The van der Waals surface area contributed by atoms with Crippen molar-refractivity contribution in [1.82, 2.24) is 5.32 Å². The Balaban J connectivity index is 1.76. The number of hydrogen-bond donors (Lipinski definition) is 1. The molecule has 16 heavy (non-hydrogen) atoms. The Labute approximate surface area is 97.0 Å². The molecule has 1 saturated carbocycles. The summed E-state index contributed by atoms with van der Waals surface area (Å²) in [6.45, 7) is 5.27. The molecule has 0 amide bonds. The molecule has 1 unspecified atom stereocenters. The Morgan fingerprint density at radius 3 is 3.06 bits per heavy atom. The minimum absolute atomic E-state index is 0.605. The zero-order valence-electron chi connectivity index (χ0n) is 9.83. The van der Waals surface area contributed by atoms with Gasteiger partial charge in [-0.25, -0.2) is 0 Å². The van der Waals surface area contributed by atoms with E-state index in [-0.39, 0.29) is 0 Å². The molecule has 1 aliphatic carbocycles. The van der Waals surface area contributed by atoms with Crippen LogP contribution >= 0.6 is 0 Å². The molecule has 2 nitrogen and oxygen atoms in total. The van der Waals surface area contributed by atoms with Crippen LogP contribution in [-0.4, -0.2) is 13.2 Å². The second-order valence-electron chi connectivity index (χ2n) is 5.15. The molecule has 0 aromatic heterocycles. The van der Waals surface area contributed by atoms with Crippen LogP contribution in [0.5, 0.6) is 5.75 Å². The third-order valence-corrected chi connectivity index (χ3v) is 3.60. The van der Waals surface area contributed by atoms with Gasteiger partial charge in [-0.1, -0.05) is 13.0 Å². The van der Waals surface area contributed by atoms with Gasteiger partial charge in [-0.3, -0.25) is 0 Å². The van der Waals surface area contributed by atoms with Crippen molar-refractivity contribution in [3.05, 3.63) is 29.3 Å². The van der Waals surface area contributed by atoms with Crippen LogP contribution in [-0.2, 0) is 6.54 Å². The quantitative estimate of drug-likeness (QED) is 0.840. The molecule has 2 heteroatoms. The maximum atomic E-state index is 5.82. The number of ether oxygens (including phenoxy) is 1. The minimum atomic E-state index is 0.605. The van der Waals surface area contributed by atoms with Gasteiger partial charge >= 0.3 is 0 Å². The predicted octanol–water partition coefficient (Wildman–Crippen LogP) is 2.68. The fraction of sp³-hybridized carbons (Fsp3) is 0.571. The molecule has 0 bridgehead atoms. The van der Waals surface area contributed by atoms with Crippen molar-refractivity contribution in [2.75, 3.05) is 13.2 Å². The lowest BCUT2D eigenvalue weighted by molar-refractivity contribution is 0.299. The van der Waals surface area contributed by atoms with Crippen molar-refractivity contribution in [2.45, 2.75) is 32.2 Å². The Morgan fingerprint density at radius 2 is 2.25 bits per heavy atom. The average molecular weight is 217 g/mol. The highest BCUT2D eigenvalue weighted by Crippen LogP contribution is 2.31. The minimum Gasteiger partial charge on any atom is -0.493 e. The number of rotatable bonds is 3. The van der Waals surface area contributed by atoms with Crippen molar-refractivity contribution in [3.8, 4) is 5.75 Å². The Bertz CT molecular complexity index is 384. The van der Waals surface area contributed by atoms with Crippen LogP contribution in [0.3, 0.4) is 0 Å². The van der Waals surface area contributed by atoms with E-state index in [1.54, 1.807) is 0 Å². The van der Waals surface area contributed by atoms with Gasteiger partial charge in [0.1, 0.15) is 5.75 Å². The molecule has 1 aliphatic heterocycles. The highest BCUT2D eigenvalue weighted by molar-refractivity contribution is 5.39. The SMILES string of the molecule is CC1CNCc2ccc(OCC3CC3)cc21. The summed E-state index contributed by atoms with van der Waals surface area (Å²) in [6.07, 6.45) is 2.70. The van der Waals surface area contributed by atoms with Gasteiger partial charge in [0.05, 0.1) is 6.61 Å². The summed E-state index contributed by atoms with van der Waals surface area (Å²) in [5, 5.41) is 3.43. The Kier molecular flexibility index (Phi) is 2.60. The van der Waals surface area contributed by atoms with E-state index in [0.717, 1.165) is 31.4 Å². The molecule has 0 radical (unpaired) electrons. The lowest BCUT2D eigenvalue weighted by atomic mass is 9.92. The van der Waals surface area contributed by atoms with E-state index in [0.29, 0.717) is 5.92 Å². The molecule has 1 fully saturated rings. The first-order chi connectivity index (χ1) is 7.83. The third kappa shape index (κ3) is 2.07. The molecule has 1 atom stereocenters. The van der Waals surface area contributed by atoms with Crippen LogP contribution in [0.1, 0.15) is 36.8 Å². The average Bonchev–Trinajstić information content (AvgIpc) is 3.11. The van der Waals surface area contributed by atoms with Gasteiger partial charge < -0.3 is 10.1 Å². The van der Waals surface area contributed by atoms with Gasteiger partial charge in [0.2, 0.25) is 0 Å². The van der Waals surface area contributed by atoms with Crippen molar-refractivity contribution in [1.29, 1.82) is 0 Å². The number of hydrogen-bond acceptors (Lipinski definition) is 2. The largest absolute Gasteiger partial charge is 0.493 e. The molecule has 2 aliphatic rings. The summed E-state index contributed by atoms with van der Waals surface area (Å²) in [5.41, 5.74) is 2.89. The molecular formula is C14H19NO. The molecule has 1 heterocycles. The zero-order chi connectivity index (χ0) is 11.0. The van der Waals surface area contributed by atoms with Crippen LogP contribution < -0.4 is 10.1 Å². The number of benzene rings is 1. The monoisotopic (exact) mass is 217 g/mol. The topological polar surface area (TPSA) is 21.3 Å². The summed E-state index contributed by atoms with van der Waals surface area (Å²) in [7, 11) is 0. The molecule has 3 rings (SSSR count). The second kappa shape index (κ2) is 4.10. The molecule has 0 spiro atoms. The van der Waals surface area contributed by atoms with Crippen molar-refractivity contribution >= 4 is 0 Å². The zero-order valence-corrected chi connectivity index (χ0v) is 9.83. The fourth-order valence-corrected chi connectivity index (χ4v) is 2.31. The lowest BCUT2D eigenvalue weighted by Gasteiger charge is -2.24. The maximum absolute atomic E-state index is 5.82. The maximum Gasteiger partial charge on any atom is 0.119 e. The van der Waals surface area contributed by atoms with Crippen molar-refractivity contribution in [3.63, 3.8) is 0 Å². The normalized spacial score (nSPS) is 23.9. The van der Waals surface area contributed by atoms with Crippen molar-refractivity contribution < 1.29 is 4.74 Å². The molecule has 0 saturated heterocycles. The molecule has 86 valence electrons. The molecular weight excluding hydrogens is 198 g/mol. The number of fused-ring (bicyclic) bond motifs is 1. The van der Waals surface area contributed by atoms with E-state index in [4.69, 9.17) is 4.74 Å². The van der Waals surface area contributed by atoms with E-state index < -0.39 is 0 Å². The Hall–Kier alpha value is -1.02. The van der Waals surface area contributed by atoms with E-state index in [9.17, 15) is 0 Å². The smallest absolute Gasteiger partial charge is 0.119 e. The summed E-state index contributed by atoms with van der Waals surface area (Å²) in [5.74, 6) is 2.49. The summed E-state index contributed by atoms with van der Waals surface area (Å²) in [4.78, 5) is 0. The van der Waals surface area contributed by atoms with Gasteiger partial charge in [0, 0.05) is 13.1 Å². The third-order valence-electron chi connectivity index (χ3n) is 3.60.